The molecule has 0 aliphatic carbocycles. The number of ether oxygens (including phenoxy) is 1. The van der Waals surface area contributed by atoms with Crippen molar-refractivity contribution in [1.82, 2.24) is 25.1 Å². The molecule has 0 spiro atoms. The molecule has 2 aromatic carbocycles. The van der Waals surface area contributed by atoms with Crippen LogP contribution in [-0.4, -0.2) is 30.9 Å². The van der Waals surface area contributed by atoms with Crippen molar-refractivity contribution in [2.24, 2.45) is 0 Å². The van der Waals surface area contributed by atoms with Crippen molar-refractivity contribution in [1.29, 1.82) is 0 Å². The summed E-state index contributed by atoms with van der Waals surface area (Å²) in [5.41, 5.74) is 5.98. The maximum absolute atomic E-state index is 12.9. The zero-order valence-corrected chi connectivity index (χ0v) is 18.0. The van der Waals surface area contributed by atoms with E-state index in [1.165, 1.54) is 30.0 Å². The van der Waals surface area contributed by atoms with Gasteiger partial charge in [0.05, 0.1) is 5.56 Å². The molecular formula is C21H18F3N7OS. The van der Waals surface area contributed by atoms with Gasteiger partial charge in [-0.1, -0.05) is 24.8 Å². The summed E-state index contributed by atoms with van der Waals surface area (Å²) >= 11 is 1.46. The Balaban J connectivity index is 1.45. The largest absolute Gasteiger partial charge is 0.439 e. The summed E-state index contributed by atoms with van der Waals surface area (Å²) in [6, 6.07) is 13.3. The van der Waals surface area contributed by atoms with Crippen LogP contribution in [0.15, 0.2) is 59.8 Å². The van der Waals surface area contributed by atoms with E-state index in [9.17, 15) is 13.2 Å². The third-order valence-electron chi connectivity index (χ3n) is 4.26. The van der Waals surface area contributed by atoms with E-state index in [1.54, 1.807) is 24.3 Å². The third kappa shape index (κ3) is 5.71. The summed E-state index contributed by atoms with van der Waals surface area (Å²) in [6.07, 6.45) is -4.43. The molecule has 33 heavy (non-hydrogen) atoms. The van der Waals surface area contributed by atoms with Gasteiger partial charge in [0.25, 0.3) is 0 Å². The van der Waals surface area contributed by atoms with Crippen molar-refractivity contribution in [3.8, 4) is 23.0 Å². The predicted molar refractivity (Wildman–Crippen MR) is 119 cm³/mol. The van der Waals surface area contributed by atoms with Crippen LogP contribution in [0.4, 0.5) is 30.6 Å². The van der Waals surface area contributed by atoms with Gasteiger partial charge in [-0.25, -0.2) is 4.98 Å². The smallest absolute Gasteiger partial charge is 0.416 e. The Hall–Kier alpha value is -3.80. The van der Waals surface area contributed by atoms with E-state index < -0.39 is 11.7 Å². The van der Waals surface area contributed by atoms with Crippen LogP contribution in [0.5, 0.6) is 11.6 Å². The number of hydrogen-bond donors (Lipinski definition) is 3. The van der Waals surface area contributed by atoms with E-state index in [2.05, 4.69) is 30.5 Å². The average Bonchev–Trinajstić information content (AvgIpc) is 3.22. The highest BCUT2D eigenvalue weighted by atomic mass is 32.2. The standard InChI is InChI=1S/C21H18F3N7OS/c1-2-33-20-27-16(25)11-17(28-20)32-15-8-6-12(7-9-15)18-29-19(31-30-18)26-14-5-3-4-13(10-14)21(22,23)24/h3-11H,2H2,1H3,(H2,25,27,28)(H2,26,29,30,31). The monoisotopic (exact) mass is 473 g/mol. The van der Waals surface area contributed by atoms with Crippen molar-refractivity contribution in [2.45, 2.75) is 18.3 Å². The molecule has 0 amide bonds. The number of aromatic amines is 1. The van der Waals surface area contributed by atoms with E-state index in [1.807, 2.05) is 6.92 Å². The molecule has 0 aliphatic heterocycles. The number of alkyl halides is 3. The molecule has 0 saturated heterocycles. The highest BCUT2D eigenvalue weighted by Gasteiger charge is 2.30. The number of nitrogens with one attached hydrogen (secondary N) is 2. The molecule has 2 heterocycles. The number of anilines is 3. The Morgan fingerprint density at radius 2 is 1.85 bits per heavy atom. The maximum Gasteiger partial charge on any atom is 0.416 e. The van der Waals surface area contributed by atoms with Gasteiger partial charge in [0.15, 0.2) is 11.0 Å². The number of nitrogen functional groups attached to an aromatic ring is 1. The van der Waals surface area contributed by atoms with E-state index in [4.69, 9.17) is 10.5 Å². The van der Waals surface area contributed by atoms with Crippen LogP contribution in [0.25, 0.3) is 11.4 Å². The molecular weight excluding hydrogens is 455 g/mol. The number of aromatic nitrogens is 5. The average molecular weight is 473 g/mol. The van der Waals surface area contributed by atoms with Crippen LogP contribution >= 0.6 is 11.8 Å². The van der Waals surface area contributed by atoms with Gasteiger partial charge in [0.1, 0.15) is 11.6 Å². The van der Waals surface area contributed by atoms with Crippen molar-refractivity contribution in [3.63, 3.8) is 0 Å². The predicted octanol–water partition coefficient (Wildman–Crippen LogP) is 5.51. The molecule has 0 radical (unpaired) electrons. The molecule has 8 nitrogen and oxygen atoms in total. The van der Waals surface area contributed by atoms with Gasteiger partial charge in [-0.05, 0) is 48.2 Å². The molecule has 4 N–H and O–H groups in total. The Bertz CT molecular complexity index is 1250. The van der Waals surface area contributed by atoms with Crippen LogP contribution in [0.1, 0.15) is 12.5 Å². The first kappa shape index (κ1) is 22.4. The lowest BCUT2D eigenvalue weighted by atomic mass is 10.2. The lowest BCUT2D eigenvalue weighted by Crippen LogP contribution is -2.05. The molecule has 0 saturated carbocycles. The zero-order valence-electron chi connectivity index (χ0n) is 17.2. The minimum Gasteiger partial charge on any atom is -0.439 e. The fourth-order valence-electron chi connectivity index (χ4n) is 2.82. The number of nitrogens with two attached hydrogens (primary N) is 1. The second-order valence-electron chi connectivity index (χ2n) is 6.68. The molecule has 0 atom stereocenters. The van der Waals surface area contributed by atoms with Gasteiger partial charge in [-0.3, -0.25) is 5.10 Å². The fourth-order valence-corrected chi connectivity index (χ4v) is 3.40. The molecule has 4 aromatic rings. The number of thioether (sulfide) groups is 1. The number of rotatable bonds is 7. The molecule has 4 rings (SSSR count). The molecule has 12 heteroatoms. The lowest BCUT2D eigenvalue weighted by molar-refractivity contribution is -0.137. The van der Waals surface area contributed by atoms with Gasteiger partial charge in [-0.2, -0.15) is 23.1 Å². The minimum atomic E-state index is -4.43. The second-order valence-corrected chi connectivity index (χ2v) is 7.92. The zero-order chi connectivity index (χ0) is 23.4. The van der Waals surface area contributed by atoms with Crippen molar-refractivity contribution < 1.29 is 17.9 Å². The Morgan fingerprint density at radius 1 is 1.06 bits per heavy atom. The number of benzene rings is 2. The summed E-state index contributed by atoms with van der Waals surface area (Å²) in [5.74, 6) is 2.56. The summed E-state index contributed by atoms with van der Waals surface area (Å²) in [6.45, 7) is 1.99. The van der Waals surface area contributed by atoms with Gasteiger partial charge >= 0.3 is 6.18 Å². The Kier molecular flexibility index (Phi) is 6.36. The third-order valence-corrected chi connectivity index (χ3v) is 4.99. The summed E-state index contributed by atoms with van der Waals surface area (Å²) in [7, 11) is 0. The van der Waals surface area contributed by atoms with E-state index in [0.717, 1.165) is 17.9 Å². The summed E-state index contributed by atoms with van der Waals surface area (Å²) < 4.78 is 44.4. The number of hydrogen-bond acceptors (Lipinski definition) is 8. The van der Waals surface area contributed by atoms with Gasteiger partial charge in [-0.15, -0.1) is 5.10 Å². The quantitative estimate of drug-likeness (QED) is 0.238. The summed E-state index contributed by atoms with van der Waals surface area (Å²) in [5, 5.41) is 10.1. The van der Waals surface area contributed by atoms with E-state index in [-0.39, 0.29) is 11.6 Å². The van der Waals surface area contributed by atoms with Crippen molar-refractivity contribution in [2.75, 3.05) is 16.8 Å². The van der Waals surface area contributed by atoms with Gasteiger partial charge < -0.3 is 15.8 Å². The molecule has 170 valence electrons. The van der Waals surface area contributed by atoms with Gasteiger partial charge in [0, 0.05) is 17.3 Å². The van der Waals surface area contributed by atoms with Crippen molar-refractivity contribution >= 4 is 29.2 Å². The topological polar surface area (TPSA) is 115 Å². The number of halogens is 3. The highest BCUT2D eigenvalue weighted by molar-refractivity contribution is 7.99. The number of nitrogens with zero attached hydrogens (tertiary/aromatic N) is 4. The first-order valence-electron chi connectivity index (χ1n) is 9.72. The fraction of sp³-hybridized carbons (Fsp3) is 0.143. The van der Waals surface area contributed by atoms with E-state index >= 15 is 0 Å². The normalized spacial score (nSPS) is 11.4. The van der Waals surface area contributed by atoms with Crippen LogP contribution in [0.2, 0.25) is 0 Å². The Morgan fingerprint density at radius 3 is 2.58 bits per heavy atom. The highest BCUT2D eigenvalue weighted by Crippen LogP contribution is 2.31. The molecule has 0 bridgehead atoms. The van der Waals surface area contributed by atoms with Crippen LogP contribution in [0.3, 0.4) is 0 Å². The number of H-pyrrole nitrogens is 1. The molecule has 2 aromatic heterocycles. The maximum atomic E-state index is 12.9. The minimum absolute atomic E-state index is 0.141. The summed E-state index contributed by atoms with van der Waals surface area (Å²) in [4.78, 5) is 12.7. The molecule has 0 unspecified atom stereocenters. The van der Waals surface area contributed by atoms with Gasteiger partial charge in [0.2, 0.25) is 11.8 Å². The first-order valence-corrected chi connectivity index (χ1v) is 10.7. The SMILES string of the molecule is CCSc1nc(N)cc(Oc2ccc(-c3nc(Nc4cccc(C(F)(F)F)c4)n[nH]3)cc2)n1. The van der Waals surface area contributed by atoms with Crippen LogP contribution in [-0.2, 0) is 6.18 Å². The van der Waals surface area contributed by atoms with E-state index in [0.29, 0.717) is 34.0 Å². The van der Waals surface area contributed by atoms with Crippen LogP contribution < -0.4 is 15.8 Å². The van der Waals surface area contributed by atoms with Crippen LogP contribution in [0, 0.1) is 0 Å². The first-order chi connectivity index (χ1) is 15.8. The Labute approximate surface area is 190 Å². The van der Waals surface area contributed by atoms with Crippen molar-refractivity contribution in [3.05, 3.63) is 60.2 Å². The second kappa shape index (κ2) is 9.36. The molecule has 0 fully saturated rings. The lowest BCUT2D eigenvalue weighted by Gasteiger charge is -2.08. The molecule has 0 aliphatic rings.